The number of aliphatic hydroxyl groups is 1. The first-order valence-electron chi connectivity index (χ1n) is 7.43. The average Bonchev–Trinajstić information content (AvgIpc) is 2.87. The molecule has 2 aliphatic heterocycles. The molecule has 2 fully saturated rings. The average molecular weight is 353 g/mol. The van der Waals surface area contributed by atoms with Gasteiger partial charge in [0, 0.05) is 6.42 Å². The van der Waals surface area contributed by atoms with Crippen LogP contribution in [0.1, 0.15) is 12.8 Å². The van der Waals surface area contributed by atoms with Crippen molar-refractivity contribution < 1.29 is 38.4 Å². The lowest BCUT2D eigenvalue weighted by Gasteiger charge is -2.40. The monoisotopic (exact) mass is 353 g/mol. The van der Waals surface area contributed by atoms with E-state index in [0.717, 1.165) is 21.3 Å². The van der Waals surface area contributed by atoms with Crippen molar-refractivity contribution in [2.24, 2.45) is 17.3 Å². The van der Waals surface area contributed by atoms with Crippen molar-refractivity contribution in [3.05, 3.63) is 12.2 Å². The largest absolute Gasteiger partial charge is 0.469 e. The second-order valence-electron chi connectivity index (χ2n) is 6.10. The van der Waals surface area contributed by atoms with Crippen LogP contribution in [0, 0.1) is 28.6 Å². The van der Waals surface area contributed by atoms with E-state index in [0.29, 0.717) is 0 Å². The van der Waals surface area contributed by atoms with Crippen LogP contribution in [0.5, 0.6) is 0 Å². The van der Waals surface area contributed by atoms with Crippen LogP contribution < -0.4 is 0 Å². The highest BCUT2D eigenvalue weighted by atomic mass is 16.6. The van der Waals surface area contributed by atoms with E-state index in [1.165, 1.54) is 0 Å². The second kappa shape index (κ2) is 6.46. The van der Waals surface area contributed by atoms with Gasteiger partial charge in [0.2, 0.25) is 0 Å². The molecule has 0 aromatic carbocycles. The summed E-state index contributed by atoms with van der Waals surface area (Å²) in [5, 5.41) is 20.5. The van der Waals surface area contributed by atoms with Gasteiger partial charge in [0.25, 0.3) is 0 Å². The van der Waals surface area contributed by atoms with Gasteiger partial charge < -0.3 is 24.1 Å². The third-order valence-corrected chi connectivity index (χ3v) is 4.82. The summed E-state index contributed by atoms with van der Waals surface area (Å²) in [7, 11) is 3.39. The van der Waals surface area contributed by atoms with Crippen LogP contribution >= 0.6 is 0 Å². The molecule has 2 aliphatic rings. The lowest BCUT2D eigenvalue weighted by molar-refractivity contribution is -0.217. The summed E-state index contributed by atoms with van der Waals surface area (Å²) < 4.78 is 19.6. The summed E-state index contributed by atoms with van der Waals surface area (Å²) in [6.07, 6.45) is -2.04. The Bertz CT molecular complexity index is 668. The van der Waals surface area contributed by atoms with Gasteiger partial charge >= 0.3 is 17.9 Å². The summed E-state index contributed by atoms with van der Waals surface area (Å²) in [4.78, 5) is 36.3. The molecule has 0 amide bonds. The van der Waals surface area contributed by atoms with Crippen molar-refractivity contribution >= 4 is 17.9 Å². The van der Waals surface area contributed by atoms with Crippen LogP contribution in [0.2, 0.25) is 0 Å². The van der Waals surface area contributed by atoms with E-state index in [2.05, 4.69) is 11.3 Å². The lowest BCUT2D eigenvalue weighted by atomic mass is 9.72. The van der Waals surface area contributed by atoms with E-state index < -0.39 is 53.5 Å². The first-order chi connectivity index (χ1) is 11.7. The topological polar surface area (TPSA) is 132 Å². The third-order valence-electron chi connectivity index (χ3n) is 4.82. The summed E-state index contributed by atoms with van der Waals surface area (Å²) in [6.45, 7) is 3.67. The van der Waals surface area contributed by atoms with Crippen LogP contribution in [-0.4, -0.2) is 56.2 Å². The molecule has 2 saturated heterocycles. The first kappa shape index (κ1) is 18.9. The first-order valence-corrected chi connectivity index (χ1v) is 7.43. The second-order valence-corrected chi connectivity index (χ2v) is 6.10. The zero-order valence-corrected chi connectivity index (χ0v) is 14.1. The molecule has 9 nitrogen and oxygen atoms in total. The van der Waals surface area contributed by atoms with Gasteiger partial charge in [-0.25, -0.2) is 0 Å². The summed E-state index contributed by atoms with van der Waals surface area (Å²) >= 11 is 0. The molecular formula is C16H19NO8. The Morgan fingerprint density at radius 3 is 2.36 bits per heavy atom. The molecule has 5 atom stereocenters. The molecular weight excluding hydrogens is 334 g/mol. The molecule has 0 unspecified atom stereocenters. The highest BCUT2D eigenvalue weighted by Gasteiger charge is 2.69. The van der Waals surface area contributed by atoms with Gasteiger partial charge in [-0.15, -0.1) is 0 Å². The number of methoxy groups -OCH3 is 3. The summed E-state index contributed by atoms with van der Waals surface area (Å²) in [5.74, 6) is -6.98. The van der Waals surface area contributed by atoms with Gasteiger partial charge in [0.15, 0.2) is 5.79 Å². The zero-order chi connectivity index (χ0) is 19.0. The van der Waals surface area contributed by atoms with Crippen LogP contribution in [0.25, 0.3) is 0 Å². The van der Waals surface area contributed by atoms with Gasteiger partial charge in [-0.3, -0.25) is 14.4 Å². The van der Waals surface area contributed by atoms with Gasteiger partial charge in [0.05, 0.1) is 45.8 Å². The smallest absolute Gasteiger partial charge is 0.313 e. The molecule has 0 aromatic heterocycles. The molecule has 0 aliphatic carbocycles. The van der Waals surface area contributed by atoms with E-state index in [-0.39, 0.29) is 12.0 Å². The van der Waals surface area contributed by atoms with Crippen molar-refractivity contribution in [1.82, 2.24) is 0 Å². The number of esters is 3. The van der Waals surface area contributed by atoms with E-state index in [4.69, 9.17) is 14.2 Å². The fraction of sp³-hybridized carbons (Fsp3) is 0.625. The highest BCUT2D eigenvalue weighted by molar-refractivity contribution is 5.86. The van der Waals surface area contributed by atoms with E-state index >= 15 is 0 Å². The minimum Gasteiger partial charge on any atom is -0.469 e. The van der Waals surface area contributed by atoms with Gasteiger partial charge in [-0.1, -0.05) is 6.58 Å². The Hall–Kier alpha value is -2.44. The van der Waals surface area contributed by atoms with Crippen LogP contribution in [0.3, 0.4) is 0 Å². The quantitative estimate of drug-likeness (QED) is 0.410. The minimum absolute atomic E-state index is 0.118. The SMILES string of the molecule is C=C1[C@H](C(=O)OC)[C@@H](C(=O)OC)[C@H]2O[C@]1(O)C[C@]2(C#N)CC(=O)OC. The predicted octanol–water partition coefficient (Wildman–Crippen LogP) is -0.315. The van der Waals surface area contributed by atoms with Gasteiger partial charge in [-0.05, 0) is 5.57 Å². The molecule has 1 N–H and O–H groups in total. The van der Waals surface area contributed by atoms with E-state index in [9.17, 15) is 24.8 Å². The van der Waals surface area contributed by atoms with Crippen molar-refractivity contribution in [3.8, 4) is 6.07 Å². The fourth-order valence-electron chi connectivity index (χ4n) is 3.58. The maximum atomic E-state index is 12.3. The summed E-state index contributed by atoms with van der Waals surface area (Å²) in [5.41, 5.74) is -1.71. The van der Waals surface area contributed by atoms with Crippen LogP contribution in [0.4, 0.5) is 0 Å². The molecule has 0 aromatic rings. The van der Waals surface area contributed by atoms with Gasteiger partial charge in [0.1, 0.15) is 11.3 Å². The van der Waals surface area contributed by atoms with Crippen molar-refractivity contribution in [1.29, 1.82) is 5.26 Å². The third kappa shape index (κ3) is 2.77. The minimum atomic E-state index is -2.04. The number of carbonyl (C=O) groups excluding carboxylic acids is 3. The van der Waals surface area contributed by atoms with Crippen molar-refractivity contribution in [2.75, 3.05) is 21.3 Å². The lowest BCUT2D eigenvalue weighted by Crippen LogP contribution is -2.52. The van der Waals surface area contributed by atoms with Crippen molar-refractivity contribution in [3.63, 3.8) is 0 Å². The molecule has 2 rings (SSSR count). The normalized spacial score (nSPS) is 36.3. The Morgan fingerprint density at radius 1 is 1.28 bits per heavy atom. The number of nitriles is 1. The molecule has 0 saturated carbocycles. The molecule has 25 heavy (non-hydrogen) atoms. The number of fused-ring (bicyclic) bond motifs is 2. The molecule has 136 valence electrons. The predicted molar refractivity (Wildman–Crippen MR) is 79.3 cm³/mol. The number of carbonyl (C=O) groups is 3. The van der Waals surface area contributed by atoms with Crippen LogP contribution in [-0.2, 0) is 33.3 Å². The Balaban J connectivity index is 2.60. The number of rotatable bonds is 4. The number of nitrogens with zero attached hydrogens (tertiary/aromatic N) is 1. The Kier molecular flexibility index (Phi) is 4.88. The maximum Gasteiger partial charge on any atom is 0.313 e. The standard InChI is InChI=1S/C16H19NO8/c1-8-10(13(19)23-3)11(14(20)24-4)12-15(7-17,5-9(18)22-2)6-16(8,21)25-12/h10-12,21H,1,5-6H2,2-4H3/t10-,11+,12+,15-,16+/m0/s1. The molecule has 0 spiro atoms. The van der Waals surface area contributed by atoms with E-state index in [1.807, 2.05) is 6.07 Å². The van der Waals surface area contributed by atoms with E-state index in [1.54, 1.807) is 0 Å². The highest BCUT2D eigenvalue weighted by Crippen LogP contribution is 2.58. The maximum absolute atomic E-state index is 12.3. The number of hydrogen-bond acceptors (Lipinski definition) is 9. The van der Waals surface area contributed by atoms with Gasteiger partial charge in [-0.2, -0.15) is 5.26 Å². The Morgan fingerprint density at radius 2 is 1.88 bits per heavy atom. The number of hydrogen-bond donors (Lipinski definition) is 1. The summed E-state index contributed by atoms with van der Waals surface area (Å²) in [6, 6.07) is 1.96. The van der Waals surface area contributed by atoms with Crippen LogP contribution in [0.15, 0.2) is 12.2 Å². The molecule has 9 heteroatoms. The molecule has 0 radical (unpaired) electrons. The fourth-order valence-corrected chi connectivity index (χ4v) is 3.58. The molecule has 2 heterocycles. The molecule has 2 bridgehead atoms. The Labute approximate surface area is 144 Å². The number of ether oxygens (including phenoxy) is 4. The van der Waals surface area contributed by atoms with Crippen molar-refractivity contribution in [2.45, 2.75) is 24.7 Å². The zero-order valence-electron chi connectivity index (χ0n) is 14.1.